The summed E-state index contributed by atoms with van der Waals surface area (Å²) in [6.07, 6.45) is 1.81. The van der Waals surface area contributed by atoms with Gasteiger partial charge in [-0.3, -0.25) is 0 Å². The van der Waals surface area contributed by atoms with Gasteiger partial charge in [-0.15, -0.1) is 22.7 Å². The summed E-state index contributed by atoms with van der Waals surface area (Å²) in [5.41, 5.74) is 1.10. The van der Waals surface area contributed by atoms with Crippen molar-refractivity contribution >= 4 is 22.7 Å². The van der Waals surface area contributed by atoms with Gasteiger partial charge in [-0.1, -0.05) is 13.8 Å². The van der Waals surface area contributed by atoms with Gasteiger partial charge in [0, 0.05) is 29.5 Å². The van der Waals surface area contributed by atoms with Crippen molar-refractivity contribution in [2.45, 2.75) is 26.4 Å². The molecule has 0 aliphatic carbocycles. The molecule has 0 aliphatic heterocycles. The maximum Gasteiger partial charge on any atom is 0.152 e. The molecule has 2 rings (SSSR count). The molecule has 0 bridgehead atoms. The number of rotatable bonds is 4. The number of nitrogens with zero attached hydrogens (tertiary/aromatic N) is 2. The minimum Gasteiger partial charge on any atom is -0.309 e. The number of aromatic nitrogens is 2. The first-order chi connectivity index (χ1) is 7.25. The highest BCUT2D eigenvalue weighted by Crippen LogP contribution is 2.25. The van der Waals surface area contributed by atoms with Crippen molar-refractivity contribution in [1.29, 1.82) is 0 Å². The first-order valence-corrected chi connectivity index (χ1v) is 6.59. The van der Waals surface area contributed by atoms with Crippen molar-refractivity contribution in [3.05, 3.63) is 22.7 Å². The molecule has 0 amide bonds. The van der Waals surface area contributed by atoms with Crippen LogP contribution in [-0.4, -0.2) is 16.0 Å². The zero-order valence-electron chi connectivity index (χ0n) is 8.73. The molecule has 2 heterocycles. The normalized spacial score (nSPS) is 11.1. The lowest BCUT2D eigenvalue weighted by Crippen LogP contribution is -2.21. The Morgan fingerprint density at radius 1 is 1.33 bits per heavy atom. The largest absolute Gasteiger partial charge is 0.309 e. The van der Waals surface area contributed by atoms with Gasteiger partial charge in [0.1, 0.15) is 0 Å². The van der Waals surface area contributed by atoms with Crippen molar-refractivity contribution in [3.8, 4) is 10.0 Å². The summed E-state index contributed by atoms with van der Waals surface area (Å²) in [5, 5.41) is 9.44. The van der Waals surface area contributed by atoms with Gasteiger partial charge < -0.3 is 5.32 Å². The Balaban J connectivity index is 2.04. The molecule has 0 aliphatic rings. The zero-order valence-corrected chi connectivity index (χ0v) is 10.4. The number of hydrogen-bond donors (Lipinski definition) is 1. The van der Waals surface area contributed by atoms with Crippen LogP contribution >= 0.6 is 22.7 Å². The molecule has 80 valence electrons. The molecule has 0 unspecified atom stereocenters. The van der Waals surface area contributed by atoms with Crippen LogP contribution in [0.15, 0.2) is 17.0 Å². The monoisotopic (exact) mass is 239 g/mol. The van der Waals surface area contributed by atoms with E-state index in [-0.39, 0.29) is 0 Å². The second-order valence-corrected chi connectivity index (χ2v) is 5.27. The van der Waals surface area contributed by atoms with Gasteiger partial charge >= 0.3 is 0 Å². The van der Waals surface area contributed by atoms with Crippen LogP contribution in [0.2, 0.25) is 0 Å². The summed E-state index contributed by atoms with van der Waals surface area (Å²) in [4.78, 5) is 8.77. The Morgan fingerprint density at radius 3 is 2.87 bits per heavy atom. The highest BCUT2D eigenvalue weighted by Gasteiger charge is 2.06. The third kappa shape index (κ3) is 2.84. The average Bonchev–Trinajstić information content (AvgIpc) is 2.85. The molecular formula is C10H13N3S2. The molecule has 5 heteroatoms. The number of hydrogen-bond acceptors (Lipinski definition) is 5. The van der Waals surface area contributed by atoms with E-state index in [1.54, 1.807) is 22.7 Å². The maximum atomic E-state index is 4.53. The van der Waals surface area contributed by atoms with Crippen LogP contribution in [0.4, 0.5) is 0 Å². The van der Waals surface area contributed by atoms with Crippen molar-refractivity contribution < 1.29 is 0 Å². The molecule has 0 radical (unpaired) electrons. The summed E-state index contributed by atoms with van der Waals surface area (Å²) in [7, 11) is 0. The van der Waals surface area contributed by atoms with Crippen molar-refractivity contribution in [2.24, 2.45) is 0 Å². The molecule has 0 spiro atoms. The van der Waals surface area contributed by atoms with Crippen LogP contribution in [0, 0.1) is 0 Å². The summed E-state index contributed by atoms with van der Waals surface area (Å²) in [6, 6.07) is 0.495. The van der Waals surface area contributed by atoms with E-state index in [9.17, 15) is 0 Å². The van der Waals surface area contributed by atoms with Gasteiger partial charge in [-0.25, -0.2) is 9.97 Å². The van der Waals surface area contributed by atoms with Gasteiger partial charge in [-0.05, 0) is 0 Å². The fourth-order valence-electron chi connectivity index (χ4n) is 1.12. The standard InChI is InChI=1S/C10H13N3S2/c1-7(2)12-5-8-6-15-10(13-8)9-11-3-4-14-9/h3-4,6-7,12H,5H2,1-2H3. The predicted octanol–water partition coefficient (Wildman–Crippen LogP) is 2.76. The van der Waals surface area contributed by atoms with E-state index in [0.717, 1.165) is 22.3 Å². The fourth-order valence-corrected chi connectivity index (χ4v) is 2.64. The van der Waals surface area contributed by atoms with Crippen LogP contribution in [0.1, 0.15) is 19.5 Å². The van der Waals surface area contributed by atoms with Gasteiger partial charge in [0.15, 0.2) is 10.0 Å². The highest BCUT2D eigenvalue weighted by atomic mass is 32.1. The average molecular weight is 239 g/mol. The van der Waals surface area contributed by atoms with E-state index in [4.69, 9.17) is 0 Å². The predicted molar refractivity (Wildman–Crippen MR) is 65.2 cm³/mol. The first kappa shape index (κ1) is 10.7. The molecule has 0 atom stereocenters. The molecule has 0 saturated heterocycles. The van der Waals surface area contributed by atoms with Gasteiger partial charge in [0.2, 0.25) is 0 Å². The molecule has 0 fully saturated rings. The van der Waals surface area contributed by atoms with Crippen LogP contribution in [0.25, 0.3) is 10.0 Å². The molecular weight excluding hydrogens is 226 g/mol. The SMILES string of the molecule is CC(C)NCc1csc(-c2nccs2)n1. The summed E-state index contributed by atoms with van der Waals surface area (Å²) >= 11 is 3.29. The molecule has 15 heavy (non-hydrogen) atoms. The van der Waals surface area contributed by atoms with E-state index in [1.165, 1.54) is 0 Å². The van der Waals surface area contributed by atoms with E-state index in [2.05, 4.69) is 34.5 Å². The lowest BCUT2D eigenvalue weighted by molar-refractivity contribution is 0.583. The molecule has 0 aromatic carbocycles. The lowest BCUT2D eigenvalue weighted by atomic mass is 10.4. The molecule has 2 aromatic rings. The van der Waals surface area contributed by atoms with E-state index < -0.39 is 0 Å². The first-order valence-electron chi connectivity index (χ1n) is 4.83. The third-order valence-corrected chi connectivity index (χ3v) is 3.67. The number of nitrogens with one attached hydrogen (secondary N) is 1. The third-order valence-electron chi connectivity index (χ3n) is 1.86. The van der Waals surface area contributed by atoms with Crippen molar-refractivity contribution in [1.82, 2.24) is 15.3 Å². The van der Waals surface area contributed by atoms with Crippen LogP contribution < -0.4 is 5.32 Å². The Hall–Kier alpha value is -0.780. The van der Waals surface area contributed by atoms with Crippen LogP contribution in [-0.2, 0) is 6.54 Å². The molecule has 2 aromatic heterocycles. The Bertz CT molecular complexity index is 406. The molecule has 3 nitrogen and oxygen atoms in total. The van der Waals surface area contributed by atoms with Crippen molar-refractivity contribution in [2.75, 3.05) is 0 Å². The van der Waals surface area contributed by atoms with E-state index in [0.29, 0.717) is 6.04 Å². The van der Waals surface area contributed by atoms with E-state index >= 15 is 0 Å². The zero-order chi connectivity index (χ0) is 10.7. The minimum atomic E-state index is 0.495. The fraction of sp³-hybridized carbons (Fsp3) is 0.400. The highest BCUT2D eigenvalue weighted by molar-refractivity contribution is 7.19. The maximum absolute atomic E-state index is 4.53. The van der Waals surface area contributed by atoms with Gasteiger partial charge in [0.25, 0.3) is 0 Å². The van der Waals surface area contributed by atoms with Gasteiger partial charge in [-0.2, -0.15) is 0 Å². The minimum absolute atomic E-state index is 0.495. The van der Waals surface area contributed by atoms with Gasteiger partial charge in [0.05, 0.1) is 5.69 Å². The topological polar surface area (TPSA) is 37.8 Å². The van der Waals surface area contributed by atoms with Crippen LogP contribution in [0.5, 0.6) is 0 Å². The quantitative estimate of drug-likeness (QED) is 0.891. The molecule has 1 N–H and O–H groups in total. The van der Waals surface area contributed by atoms with Crippen LogP contribution in [0.3, 0.4) is 0 Å². The smallest absolute Gasteiger partial charge is 0.152 e. The Kier molecular flexibility index (Phi) is 3.45. The summed E-state index contributed by atoms with van der Waals surface area (Å²) in [5.74, 6) is 0. The Labute approximate surface area is 97.2 Å². The number of thiazole rings is 2. The molecule has 0 saturated carbocycles. The second kappa shape index (κ2) is 4.83. The van der Waals surface area contributed by atoms with E-state index in [1.807, 2.05) is 11.6 Å². The second-order valence-electron chi connectivity index (χ2n) is 3.52. The lowest BCUT2D eigenvalue weighted by Gasteiger charge is -2.04. The van der Waals surface area contributed by atoms with Crippen molar-refractivity contribution in [3.63, 3.8) is 0 Å². The summed E-state index contributed by atoms with van der Waals surface area (Å²) in [6.45, 7) is 5.10. The Morgan fingerprint density at radius 2 is 2.20 bits per heavy atom. The summed E-state index contributed by atoms with van der Waals surface area (Å²) < 4.78 is 0.